The highest BCUT2D eigenvalue weighted by Gasteiger charge is 2.28. The molecule has 3 rings (SSSR count). The fourth-order valence-corrected chi connectivity index (χ4v) is 2.75. The Hall–Kier alpha value is -1.88. The smallest absolute Gasteiger partial charge is 0.275 e. The molecule has 1 atom stereocenters. The molecule has 0 spiro atoms. The molecule has 1 aliphatic heterocycles. The number of carbonyl (C=O) groups is 1. The van der Waals surface area contributed by atoms with Gasteiger partial charge in [0.05, 0.1) is 5.52 Å². The van der Waals surface area contributed by atoms with E-state index in [2.05, 4.69) is 15.5 Å². The second kappa shape index (κ2) is 5.01. The van der Waals surface area contributed by atoms with E-state index in [4.69, 9.17) is 0 Å². The van der Waals surface area contributed by atoms with Crippen molar-refractivity contribution in [3.05, 3.63) is 30.0 Å². The first-order valence-electron chi connectivity index (χ1n) is 6.66. The maximum Gasteiger partial charge on any atom is 0.275 e. The SMILES string of the molecule is CNCC1CCN(C(=O)c2n[nH]c3ccccc23)C1. The zero-order valence-electron chi connectivity index (χ0n) is 11.0. The third-order valence-corrected chi connectivity index (χ3v) is 3.74. The minimum Gasteiger partial charge on any atom is -0.337 e. The first-order valence-corrected chi connectivity index (χ1v) is 6.66. The number of likely N-dealkylation sites (tertiary alicyclic amines) is 1. The molecule has 1 unspecified atom stereocenters. The second-order valence-corrected chi connectivity index (χ2v) is 5.08. The molecule has 2 N–H and O–H groups in total. The highest BCUT2D eigenvalue weighted by atomic mass is 16.2. The summed E-state index contributed by atoms with van der Waals surface area (Å²) >= 11 is 0. The van der Waals surface area contributed by atoms with E-state index in [0.717, 1.165) is 37.0 Å². The van der Waals surface area contributed by atoms with Gasteiger partial charge in [0.1, 0.15) is 0 Å². The van der Waals surface area contributed by atoms with Crippen molar-refractivity contribution in [3.63, 3.8) is 0 Å². The van der Waals surface area contributed by atoms with Gasteiger partial charge in [0.2, 0.25) is 0 Å². The molecule has 1 saturated heterocycles. The van der Waals surface area contributed by atoms with Gasteiger partial charge in [-0.05, 0) is 32.0 Å². The molecule has 2 aromatic rings. The van der Waals surface area contributed by atoms with Crippen molar-refractivity contribution < 1.29 is 4.79 Å². The van der Waals surface area contributed by atoms with Crippen LogP contribution in [0, 0.1) is 5.92 Å². The first kappa shape index (κ1) is 12.2. The van der Waals surface area contributed by atoms with E-state index in [0.29, 0.717) is 11.6 Å². The molecule has 5 nitrogen and oxygen atoms in total. The Morgan fingerprint density at radius 3 is 3.21 bits per heavy atom. The van der Waals surface area contributed by atoms with Crippen molar-refractivity contribution in [1.82, 2.24) is 20.4 Å². The van der Waals surface area contributed by atoms with Gasteiger partial charge >= 0.3 is 0 Å². The predicted octanol–water partition coefficient (Wildman–Crippen LogP) is 1.24. The number of nitrogens with zero attached hydrogens (tertiary/aromatic N) is 2. The molecule has 19 heavy (non-hydrogen) atoms. The molecule has 5 heteroatoms. The van der Waals surface area contributed by atoms with Crippen molar-refractivity contribution in [2.24, 2.45) is 5.92 Å². The lowest BCUT2D eigenvalue weighted by atomic mass is 10.1. The van der Waals surface area contributed by atoms with E-state index in [1.807, 2.05) is 36.2 Å². The largest absolute Gasteiger partial charge is 0.337 e. The fourth-order valence-electron chi connectivity index (χ4n) is 2.75. The van der Waals surface area contributed by atoms with Crippen molar-refractivity contribution in [3.8, 4) is 0 Å². The Balaban J connectivity index is 1.81. The van der Waals surface area contributed by atoms with Crippen molar-refractivity contribution in [2.75, 3.05) is 26.7 Å². The zero-order chi connectivity index (χ0) is 13.2. The standard InChI is InChI=1S/C14H18N4O/c1-15-8-10-6-7-18(9-10)14(19)13-11-4-2-3-5-12(11)16-17-13/h2-5,10,15H,6-9H2,1H3,(H,16,17). The maximum atomic E-state index is 12.5. The van der Waals surface area contributed by atoms with Crippen LogP contribution < -0.4 is 5.32 Å². The van der Waals surface area contributed by atoms with Gasteiger partial charge in [-0.15, -0.1) is 0 Å². The third kappa shape index (κ3) is 2.21. The summed E-state index contributed by atoms with van der Waals surface area (Å²) in [6.07, 6.45) is 1.06. The average Bonchev–Trinajstić information content (AvgIpc) is 3.05. The van der Waals surface area contributed by atoms with Gasteiger partial charge in [0.25, 0.3) is 5.91 Å². The Morgan fingerprint density at radius 2 is 2.37 bits per heavy atom. The van der Waals surface area contributed by atoms with Gasteiger partial charge in [-0.3, -0.25) is 9.89 Å². The molecule has 1 amide bonds. The maximum absolute atomic E-state index is 12.5. The predicted molar refractivity (Wildman–Crippen MR) is 74.0 cm³/mol. The van der Waals surface area contributed by atoms with Crippen LogP contribution in [0.15, 0.2) is 24.3 Å². The normalized spacial score (nSPS) is 19.2. The minimum absolute atomic E-state index is 0.0380. The Bertz CT molecular complexity index is 592. The summed E-state index contributed by atoms with van der Waals surface area (Å²) in [5.74, 6) is 0.593. The van der Waals surface area contributed by atoms with Crippen LogP contribution in [-0.4, -0.2) is 47.7 Å². The van der Waals surface area contributed by atoms with Crippen LogP contribution in [0.2, 0.25) is 0 Å². The van der Waals surface area contributed by atoms with Crippen LogP contribution in [0.3, 0.4) is 0 Å². The first-order chi connectivity index (χ1) is 9.29. The Kier molecular flexibility index (Phi) is 3.21. The van der Waals surface area contributed by atoms with Crippen LogP contribution >= 0.6 is 0 Å². The monoisotopic (exact) mass is 258 g/mol. The van der Waals surface area contributed by atoms with Crippen LogP contribution in [0.5, 0.6) is 0 Å². The number of nitrogens with one attached hydrogen (secondary N) is 2. The van der Waals surface area contributed by atoms with E-state index in [9.17, 15) is 4.79 Å². The topological polar surface area (TPSA) is 61.0 Å². The Morgan fingerprint density at radius 1 is 1.53 bits per heavy atom. The third-order valence-electron chi connectivity index (χ3n) is 3.74. The number of H-pyrrole nitrogens is 1. The highest BCUT2D eigenvalue weighted by molar-refractivity contribution is 6.04. The molecule has 0 radical (unpaired) electrons. The summed E-state index contributed by atoms with van der Waals surface area (Å²) in [4.78, 5) is 14.4. The molecular formula is C14H18N4O. The molecule has 0 saturated carbocycles. The number of rotatable bonds is 3. The number of para-hydroxylation sites is 1. The number of carbonyl (C=O) groups excluding carboxylic acids is 1. The molecule has 1 aromatic carbocycles. The highest BCUT2D eigenvalue weighted by Crippen LogP contribution is 2.21. The number of aromatic amines is 1. The molecule has 1 fully saturated rings. The van der Waals surface area contributed by atoms with Crippen LogP contribution in [0.4, 0.5) is 0 Å². The number of benzene rings is 1. The summed E-state index contributed by atoms with van der Waals surface area (Å²) in [6.45, 7) is 2.61. The van der Waals surface area contributed by atoms with Gasteiger partial charge in [0.15, 0.2) is 5.69 Å². The van der Waals surface area contributed by atoms with Gasteiger partial charge in [0, 0.05) is 18.5 Å². The van der Waals surface area contributed by atoms with E-state index in [1.54, 1.807) is 0 Å². The van der Waals surface area contributed by atoms with Gasteiger partial charge < -0.3 is 10.2 Å². The fraction of sp³-hybridized carbons (Fsp3) is 0.429. The van der Waals surface area contributed by atoms with Crippen molar-refractivity contribution >= 4 is 16.8 Å². The molecule has 0 bridgehead atoms. The number of amides is 1. The quantitative estimate of drug-likeness (QED) is 0.871. The van der Waals surface area contributed by atoms with Gasteiger partial charge in [-0.1, -0.05) is 18.2 Å². The molecule has 100 valence electrons. The average molecular weight is 258 g/mol. The van der Waals surface area contributed by atoms with E-state index >= 15 is 0 Å². The van der Waals surface area contributed by atoms with Crippen molar-refractivity contribution in [2.45, 2.75) is 6.42 Å². The molecular weight excluding hydrogens is 240 g/mol. The van der Waals surface area contributed by atoms with E-state index < -0.39 is 0 Å². The number of hydrogen-bond acceptors (Lipinski definition) is 3. The van der Waals surface area contributed by atoms with E-state index in [1.165, 1.54) is 0 Å². The summed E-state index contributed by atoms with van der Waals surface area (Å²) in [5, 5.41) is 11.2. The van der Waals surface area contributed by atoms with Crippen LogP contribution in [0.1, 0.15) is 16.9 Å². The lowest BCUT2D eigenvalue weighted by Crippen LogP contribution is -2.30. The van der Waals surface area contributed by atoms with Crippen LogP contribution in [0.25, 0.3) is 10.9 Å². The number of hydrogen-bond donors (Lipinski definition) is 2. The van der Waals surface area contributed by atoms with Gasteiger partial charge in [-0.2, -0.15) is 5.10 Å². The van der Waals surface area contributed by atoms with Crippen molar-refractivity contribution in [1.29, 1.82) is 0 Å². The van der Waals surface area contributed by atoms with Crippen LogP contribution in [-0.2, 0) is 0 Å². The molecule has 1 aliphatic rings. The Labute approximate surface area is 112 Å². The minimum atomic E-state index is 0.0380. The molecule has 0 aliphatic carbocycles. The lowest BCUT2D eigenvalue weighted by molar-refractivity contribution is 0.0783. The zero-order valence-corrected chi connectivity index (χ0v) is 11.0. The number of aromatic nitrogens is 2. The van der Waals surface area contributed by atoms with Gasteiger partial charge in [-0.25, -0.2) is 0 Å². The van der Waals surface area contributed by atoms with E-state index in [-0.39, 0.29) is 5.91 Å². The second-order valence-electron chi connectivity index (χ2n) is 5.08. The molecule has 1 aromatic heterocycles. The molecule has 2 heterocycles. The summed E-state index contributed by atoms with van der Waals surface area (Å²) < 4.78 is 0. The number of fused-ring (bicyclic) bond motifs is 1. The summed E-state index contributed by atoms with van der Waals surface area (Å²) in [7, 11) is 1.95. The summed E-state index contributed by atoms with van der Waals surface area (Å²) in [6, 6.07) is 7.75. The summed E-state index contributed by atoms with van der Waals surface area (Å²) in [5.41, 5.74) is 1.46. The lowest BCUT2D eigenvalue weighted by Gasteiger charge is -2.15.